The van der Waals surface area contributed by atoms with Crippen LogP contribution in [0.3, 0.4) is 0 Å². The molecule has 0 aliphatic heterocycles. The number of rotatable bonds is 2. The number of aromatic amines is 1. The van der Waals surface area contributed by atoms with Crippen LogP contribution >= 0.6 is 0 Å². The second-order valence-electron chi connectivity index (χ2n) is 5.73. The number of aldehydes is 1. The molecule has 0 aliphatic rings. The van der Waals surface area contributed by atoms with Crippen molar-refractivity contribution in [1.82, 2.24) is 19.7 Å². The van der Waals surface area contributed by atoms with E-state index in [2.05, 4.69) is 15.2 Å². The number of carbonyl (C=O) groups is 1. The van der Waals surface area contributed by atoms with Crippen LogP contribution in [-0.2, 0) is 6.18 Å². The van der Waals surface area contributed by atoms with Crippen LogP contribution in [0.1, 0.15) is 21.6 Å². The van der Waals surface area contributed by atoms with E-state index in [0.717, 1.165) is 22.5 Å². The zero-order valence-corrected chi connectivity index (χ0v) is 12.9. The summed E-state index contributed by atoms with van der Waals surface area (Å²) in [6.07, 6.45) is -0.829. The van der Waals surface area contributed by atoms with Gasteiger partial charge in [-0.25, -0.2) is 4.98 Å². The van der Waals surface area contributed by atoms with Crippen molar-refractivity contribution >= 4 is 28.2 Å². The highest BCUT2D eigenvalue weighted by Crippen LogP contribution is 2.31. The summed E-state index contributed by atoms with van der Waals surface area (Å²) < 4.78 is 40.5. The van der Waals surface area contributed by atoms with E-state index in [-0.39, 0.29) is 11.2 Å². The first-order valence-corrected chi connectivity index (χ1v) is 7.37. The smallest absolute Gasteiger partial charge is 0.301 e. The summed E-state index contributed by atoms with van der Waals surface area (Å²) in [4.78, 5) is 15.1. The van der Waals surface area contributed by atoms with E-state index in [0.29, 0.717) is 17.4 Å². The molecule has 0 radical (unpaired) electrons. The quantitative estimate of drug-likeness (QED) is 0.558. The molecule has 3 heterocycles. The Morgan fingerprint density at radius 2 is 2.04 bits per heavy atom. The number of nitrogens with one attached hydrogen (secondary N) is 1. The number of benzene rings is 1. The fraction of sp³-hybridized carbons (Fsp3) is 0.118. The molecule has 1 aromatic carbocycles. The zero-order chi connectivity index (χ0) is 17.8. The molecular formula is C17H11F3N4O. The van der Waals surface area contributed by atoms with Crippen LogP contribution in [0, 0.1) is 6.92 Å². The monoisotopic (exact) mass is 344 g/mol. The third kappa shape index (κ3) is 2.37. The van der Waals surface area contributed by atoms with Gasteiger partial charge >= 0.3 is 6.18 Å². The van der Waals surface area contributed by atoms with Crippen molar-refractivity contribution in [3.8, 4) is 5.69 Å². The molecule has 0 amide bonds. The number of pyridine rings is 1. The number of alkyl halides is 3. The molecule has 0 spiro atoms. The molecule has 0 unspecified atom stereocenters. The maximum Gasteiger partial charge on any atom is 0.433 e. The van der Waals surface area contributed by atoms with Gasteiger partial charge in [0, 0.05) is 28.2 Å². The highest BCUT2D eigenvalue weighted by atomic mass is 19.4. The van der Waals surface area contributed by atoms with Crippen molar-refractivity contribution in [2.24, 2.45) is 0 Å². The number of hydrogen-bond donors (Lipinski definition) is 1. The Kier molecular flexibility index (Phi) is 3.18. The third-order valence-electron chi connectivity index (χ3n) is 4.11. The van der Waals surface area contributed by atoms with Gasteiger partial charge in [0.15, 0.2) is 6.29 Å². The predicted octanol–water partition coefficient (Wildman–Crippen LogP) is 4.04. The Morgan fingerprint density at radius 3 is 2.76 bits per heavy atom. The predicted molar refractivity (Wildman–Crippen MR) is 85.8 cm³/mol. The van der Waals surface area contributed by atoms with E-state index in [1.165, 1.54) is 16.8 Å². The highest BCUT2D eigenvalue weighted by Gasteiger charge is 2.33. The van der Waals surface area contributed by atoms with Gasteiger partial charge < -0.3 is 4.57 Å². The molecule has 1 N–H and O–H groups in total. The highest BCUT2D eigenvalue weighted by molar-refractivity contribution is 5.97. The summed E-state index contributed by atoms with van der Waals surface area (Å²) >= 11 is 0. The van der Waals surface area contributed by atoms with E-state index in [9.17, 15) is 18.0 Å². The summed E-state index contributed by atoms with van der Waals surface area (Å²) in [7, 11) is 0. The van der Waals surface area contributed by atoms with Gasteiger partial charge in [-0.05, 0) is 36.8 Å². The lowest BCUT2D eigenvalue weighted by Gasteiger charge is -2.09. The lowest BCUT2D eigenvalue weighted by atomic mass is 10.1. The summed E-state index contributed by atoms with van der Waals surface area (Å²) in [5.41, 5.74) is 1.70. The lowest BCUT2D eigenvalue weighted by Crippen LogP contribution is -2.08. The number of nitrogens with zero attached hydrogens (tertiary/aromatic N) is 3. The number of fused-ring (bicyclic) bond motifs is 2. The number of aromatic nitrogens is 4. The molecule has 8 heteroatoms. The lowest BCUT2D eigenvalue weighted by molar-refractivity contribution is -0.141. The molecule has 25 heavy (non-hydrogen) atoms. The topological polar surface area (TPSA) is 63.6 Å². The molecular weight excluding hydrogens is 333 g/mol. The first-order chi connectivity index (χ1) is 11.9. The number of H-pyrrole nitrogens is 1. The maximum atomic E-state index is 13.0. The average molecular weight is 344 g/mol. The SMILES string of the molecule is Cc1cc(-n2cc(C=O)c3ccc(C(F)(F)F)nc32)cc2cn[nH]c12. The van der Waals surface area contributed by atoms with Gasteiger partial charge in [-0.1, -0.05) is 0 Å². The average Bonchev–Trinajstić information content (AvgIpc) is 3.17. The Labute approximate surface area is 139 Å². The maximum absolute atomic E-state index is 13.0. The van der Waals surface area contributed by atoms with Crippen molar-refractivity contribution < 1.29 is 18.0 Å². The molecule has 0 atom stereocenters. The van der Waals surface area contributed by atoms with Gasteiger partial charge in [-0.2, -0.15) is 18.3 Å². The van der Waals surface area contributed by atoms with Gasteiger partial charge in [0.1, 0.15) is 11.3 Å². The van der Waals surface area contributed by atoms with E-state index in [1.807, 2.05) is 6.92 Å². The van der Waals surface area contributed by atoms with E-state index in [1.54, 1.807) is 18.3 Å². The van der Waals surface area contributed by atoms with Gasteiger partial charge in [-0.15, -0.1) is 0 Å². The summed E-state index contributed by atoms with van der Waals surface area (Å²) in [5.74, 6) is 0. The summed E-state index contributed by atoms with van der Waals surface area (Å²) in [6, 6.07) is 5.73. The Balaban J connectivity index is 2.03. The standard InChI is InChI=1S/C17H11F3N4O/c1-9-4-12(5-10-6-21-23-15(9)10)24-7-11(8-25)13-2-3-14(17(18,19)20)22-16(13)24/h2-8H,1H3,(H,21,23). The number of aryl methyl sites for hydroxylation is 1. The van der Waals surface area contributed by atoms with Crippen LogP contribution in [0.2, 0.25) is 0 Å². The van der Waals surface area contributed by atoms with Crippen molar-refractivity contribution in [3.63, 3.8) is 0 Å². The molecule has 0 fully saturated rings. The van der Waals surface area contributed by atoms with Crippen LogP contribution in [0.5, 0.6) is 0 Å². The zero-order valence-electron chi connectivity index (χ0n) is 12.9. The van der Waals surface area contributed by atoms with Gasteiger partial charge in [0.05, 0.1) is 11.7 Å². The second-order valence-corrected chi connectivity index (χ2v) is 5.73. The third-order valence-corrected chi connectivity index (χ3v) is 4.11. The largest absolute Gasteiger partial charge is 0.433 e. The molecule has 0 aliphatic carbocycles. The fourth-order valence-electron chi connectivity index (χ4n) is 2.93. The minimum Gasteiger partial charge on any atom is -0.301 e. The van der Waals surface area contributed by atoms with Crippen LogP contribution < -0.4 is 0 Å². The van der Waals surface area contributed by atoms with Crippen LogP contribution in [0.15, 0.2) is 36.7 Å². The van der Waals surface area contributed by atoms with Crippen LogP contribution in [0.4, 0.5) is 13.2 Å². The minimum atomic E-state index is -4.56. The minimum absolute atomic E-state index is 0.0826. The molecule has 0 bridgehead atoms. The molecule has 5 nitrogen and oxygen atoms in total. The van der Waals surface area contributed by atoms with Crippen molar-refractivity contribution in [3.05, 3.63) is 53.5 Å². The second kappa shape index (κ2) is 5.17. The Hall–Kier alpha value is -3.16. The fourth-order valence-corrected chi connectivity index (χ4v) is 2.93. The Morgan fingerprint density at radius 1 is 1.24 bits per heavy atom. The molecule has 4 aromatic rings. The van der Waals surface area contributed by atoms with Crippen LogP contribution in [0.25, 0.3) is 27.6 Å². The van der Waals surface area contributed by atoms with Crippen molar-refractivity contribution in [2.75, 3.05) is 0 Å². The number of hydrogen-bond acceptors (Lipinski definition) is 3. The van der Waals surface area contributed by atoms with Crippen molar-refractivity contribution in [1.29, 1.82) is 0 Å². The molecule has 3 aromatic heterocycles. The van der Waals surface area contributed by atoms with Crippen LogP contribution in [-0.4, -0.2) is 26.0 Å². The number of halogens is 3. The van der Waals surface area contributed by atoms with E-state index < -0.39 is 11.9 Å². The summed E-state index contributed by atoms with van der Waals surface area (Å²) in [6.45, 7) is 1.87. The Bertz CT molecular complexity index is 1120. The first-order valence-electron chi connectivity index (χ1n) is 7.37. The first kappa shape index (κ1) is 15.4. The summed E-state index contributed by atoms with van der Waals surface area (Å²) in [5, 5.41) is 8.03. The van der Waals surface area contributed by atoms with Crippen molar-refractivity contribution in [2.45, 2.75) is 13.1 Å². The van der Waals surface area contributed by atoms with Gasteiger partial charge in [0.25, 0.3) is 0 Å². The normalized spacial score (nSPS) is 12.2. The molecule has 126 valence electrons. The molecule has 0 saturated carbocycles. The number of carbonyl (C=O) groups excluding carboxylic acids is 1. The van der Waals surface area contributed by atoms with Gasteiger partial charge in [-0.3, -0.25) is 9.89 Å². The van der Waals surface area contributed by atoms with Gasteiger partial charge in [0.2, 0.25) is 0 Å². The van der Waals surface area contributed by atoms with E-state index >= 15 is 0 Å². The molecule has 4 rings (SSSR count). The molecule has 0 saturated heterocycles. The van der Waals surface area contributed by atoms with E-state index in [4.69, 9.17) is 0 Å².